The zero-order valence-corrected chi connectivity index (χ0v) is 33.8. The van der Waals surface area contributed by atoms with E-state index in [0.717, 1.165) is 100 Å². The Bertz CT molecular complexity index is 3400. The summed E-state index contributed by atoms with van der Waals surface area (Å²) in [5.41, 5.74) is 13.5. The van der Waals surface area contributed by atoms with Gasteiger partial charge in [-0.25, -0.2) is 9.97 Å². The standard InChI is InChI=1S/C51H33N5O.Pt/c1-51(2)39-26-25-31(28-43(39)56(47-24-10-11-27-52-47)44-30-46-38(29-40(44)51)35-17-7-9-23-45(35)57-46)33-18-13-22-42-49(33)54-50(55(42)32-14-4-3-5-15-32)37-20-12-19-36-34-16-6-8-21-41(34)53-48(36)37;/h3-27,29-30H,1-2H3;/q-2;+2. The number of rotatable bonds is 4. The van der Waals surface area contributed by atoms with Gasteiger partial charge in [0.25, 0.3) is 0 Å². The van der Waals surface area contributed by atoms with Crippen molar-refractivity contribution in [2.24, 2.45) is 0 Å². The first-order valence-corrected chi connectivity index (χ1v) is 19.3. The predicted molar refractivity (Wildman–Crippen MR) is 231 cm³/mol. The Morgan fingerprint density at radius 2 is 1.40 bits per heavy atom. The molecule has 0 unspecified atom stereocenters. The third kappa shape index (κ3) is 4.95. The Labute approximate surface area is 348 Å². The van der Waals surface area contributed by atoms with Gasteiger partial charge >= 0.3 is 21.1 Å². The molecule has 0 N–H and O–H groups in total. The van der Waals surface area contributed by atoms with E-state index in [1.807, 2.05) is 42.6 Å². The molecule has 278 valence electrons. The van der Waals surface area contributed by atoms with Crippen molar-refractivity contribution in [3.8, 4) is 28.2 Å². The van der Waals surface area contributed by atoms with Crippen molar-refractivity contribution in [3.63, 3.8) is 0 Å². The van der Waals surface area contributed by atoms with Crippen LogP contribution in [0.25, 0.3) is 83.0 Å². The smallest absolute Gasteiger partial charge is 0.656 e. The number of imidazole rings is 1. The number of fused-ring (bicyclic) bond motifs is 9. The van der Waals surface area contributed by atoms with Gasteiger partial charge in [-0.15, -0.1) is 34.8 Å². The first-order chi connectivity index (χ1) is 28.0. The number of furan rings is 1. The average Bonchev–Trinajstić information content (AvgIpc) is 3.95. The maximum Gasteiger partial charge on any atom is 2.00 e. The zero-order valence-electron chi connectivity index (χ0n) is 31.5. The van der Waals surface area contributed by atoms with Gasteiger partial charge in [-0.3, -0.25) is 4.57 Å². The second-order valence-corrected chi connectivity index (χ2v) is 15.4. The van der Waals surface area contributed by atoms with E-state index in [4.69, 9.17) is 19.4 Å². The van der Waals surface area contributed by atoms with Crippen LogP contribution in [0.15, 0.2) is 168 Å². The average molecular weight is 927 g/mol. The molecule has 0 spiro atoms. The van der Waals surface area contributed by atoms with Crippen molar-refractivity contribution in [2.45, 2.75) is 19.3 Å². The fourth-order valence-electron chi connectivity index (χ4n) is 9.07. The third-order valence-corrected chi connectivity index (χ3v) is 11.8. The maximum absolute atomic E-state index is 6.46. The normalized spacial score (nSPS) is 13.3. The fraction of sp³-hybridized carbons (Fsp3) is 0.0588. The number of aromatic nitrogens is 4. The molecule has 11 aromatic rings. The van der Waals surface area contributed by atoms with Gasteiger partial charge in [0.15, 0.2) is 0 Å². The summed E-state index contributed by atoms with van der Waals surface area (Å²) in [5, 5.41) is 4.49. The van der Waals surface area contributed by atoms with Crippen LogP contribution in [-0.2, 0) is 26.5 Å². The second kappa shape index (κ2) is 12.9. The van der Waals surface area contributed by atoms with Crippen LogP contribution in [0.3, 0.4) is 0 Å². The van der Waals surface area contributed by atoms with Gasteiger partial charge in [0.05, 0.1) is 16.7 Å². The van der Waals surface area contributed by atoms with Crippen LogP contribution in [0, 0.1) is 6.07 Å². The molecule has 0 saturated carbocycles. The van der Waals surface area contributed by atoms with Crippen LogP contribution in [-0.4, -0.2) is 14.5 Å². The van der Waals surface area contributed by atoms with E-state index in [-0.39, 0.29) is 26.5 Å². The summed E-state index contributed by atoms with van der Waals surface area (Å²) in [6.07, 6.45) is 1.85. The second-order valence-electron chi connectivity index (χ2n) is 15.4. The molecule has 0 atom stereocenters. The first kappa shape index (κ1) is 34.5. The van der Waals surface area contributed by atoms with Crippen LogP contribution in [0.2, 0.25) is 0 Å². The van der Waals surface area contributed by atoms with Gasteiger partial charge in [0.2, 0.25) is 0 Å². The van der Waals surface area contributed by atoms with E-state index in [0.29, 0.717) is 0 Å². The van der Waals surface area contributed by atoms with Crippen molar-refractivity contribution in [3.05, 3.63) is 181 Å². The van der Waals surface area contributed by atoms with Crippen molar-refractivity contribution < 1.29 is 25.5 Å². The summed E-state index contributed by atoms with van der Waals surface area (Å²) in [6, 6.07) is 58.9. The Morgan fingerprint density at radius 3 is 2.26 bits per heavy atom. The van der Waals surface area contributed by atoms with Crippen LogP contribution >= 0.6 is 0 Å². The minimum absolute atomic E-state index is 0. The number of hydrogen-bond donors (Lipinski definition) is 0. The van der Waals surface area contributed by atoms with E-state index < -0.39 is 0 Å². The predicted octanol–water partition coefficient (Wildman–Crippen LogP) is 12.8. The number of hydrogen-bond acceptors (Lipinski definition) is 4. The molecule has 4 aromatic heterocycles. The first-order valence-electron chi connectivity index (χ1n) is 19.3. The van der Waals surface area contributed by atoms with Gasteiger partial charge in [0, 0.05) is 34.3 Å². The molecule has 0 saturated heterocycles. The van der Waals surface area contributed by atoms with Gasteiger partial charge in [-0.05, 0) is 69.9 Å². The summed E-state index contributed by atoms with van der Waals surface area (Å²) in [4.78, 5) is 17.8. The minimum atomic E-state index is -0.347. The Balaban J connectivity index is 0.00000385. The van der Waals surface area contributed by atoms with Crippen LogP contribution in [0.4, 0.5) is 17.2 Å². The molecule has 1 aliphatic rings. The number of nitrogens with zero attached hydrogens (tertiary/aromatic N) is 5. The van der Waals surface area contributed by atoms with Crippen LogP contribution in [0.5, 0.6) is 0 Å². The molecule has 0 aliphatic carbocycles. The number of para-hydroxylation sites is 5. The summed E-state index contributed by atoms with van der Waals surface area (Å²) < 4.78 is 8.73. The topological polar surface area (TPSA) is 61.2 Å². The Hall–Kier alpha value is -6.75. The molecule has 7 heteroatoms. The van der Waals surface area contributed by atoms with Crippen LogP contribution in [0.1, 0.15) is 25.0 Å². The molecular weight excluding hydrogens is 894 g/mol. The molecule has 0 radical (unpaired) electrons. The molecule has 58 heavy (non-hydrogen) atoms. The van der Waals surface area contributed by atoms with Crippen LogP contribution < -0.4 is 9.88 Å². The van der Waals surface area contributed by atoms with E-state index in [9.17, 15) is 0 Å². The minimum Gasteiger partial charge on any atom is -0.656 e. The Kier molecular flexibility index (Phi) is 7.66. The quantitative estimate of drug-likeness (QED) is 0.165. The van der Waals surface area contributed by atoms with E-state index >= 15 is 0 Å². The van der Waals surface area contributed by atoms with Crippen molar-refractivity contribution >= 4 is 72.0 Å². The number of anilines is 3. The van der Waals surface area contributed by atoms with Crippen molar-refractivity contribution in [1.82, 2.24) is 19.5 Å². The molecule has 7 aromatic carbocycles. The summed E-state index contributed by atoms with van der Waals surface area (Å²) >= 11 is 0. The van der Waals surface area contributed by atoms with E-state index in [1.165, 1.54) is 11.1 Å². The number of benzene rings is 7. The van der Waals surface area contributed by atoms with E-state index in [1.54, 1.807) is 0 Å². The molecule has 5 heterocycles. The van der Waals surface area contributed by atoms with E-state index in [2.05, 4.69) is 151 Å². The SMILES string of the molecule is CC1(C)c2ccc(-c3cccc4c3nc(-c3cccc5c3[n-]c3ccccc35)n4-c3ccccc3)[c-]c2N(c2ccccn2)c2cc3oc4ccccc4c3cc21.[Pt+2]. The summed E-state index contributed by atoms with van der Waals surface area (Å²) in [7, 11) is 0. The van der Waals surface area contributed by atoms with Gasteiger partial charge in [0.1, 0.15) is 22.8 Å². The van der Waals surface area contributed by atoms with Crippen molar-refractivity contribution in [2.75, 3.05) is 4.90 Å². The monoisotopic (exact) mass is 926 g/mol. The largest absolute Gasteiger partial charge is 2.00 e. The molecule has 1 aliphatic heterocycles. The molecule has 0 fully saturated rings. The molecule has 0 bridgehead atoms. The molecule has 0 amide bonds. The maximum atomic E-state index is 6.46. The third-order valence-electron chi connectivity index (χ3n) is 11.8. The molecule has 12 rings (SSSR count). The van der Waals surface area contributed by atoms with Crippen molar-refractivity contribution in [1.29, 1.82) is 0 Å². The summed E-state index contributed by atoms with van der Waals surface area (Å²) in [6.45, 7) is 4.61. The number of pyridine rings is 1. The fourth-order valence-corrected chi connectivity index (χ4v) is 9.07. The Morgan fingerprint density at radius 1 is 0.638 bits per heavy atom. The molecule has 6 nitrogen and oxygen atoms in total. The molecular formula is C51H33N5OPt. The zero-order chi connectivity index (χ0) is 37.8. The van der Waals surface area contributed by atoms with Gasteiger partial charge in [-0.2, -0.15) is 0 Å². The summed E-state index contributed by atoms with van der Waals surface area (Å²) in [5.74, 6) is 1.66. The van der Waals surface area contributed by atoms with Gasteiger partial charge in [-0.1, -0.05) is 122 Å². The van der Waals surface area contributed by atoms with Gasteiger partial charge < -0.3 is 14.3 Å².